The lowest BCUT2D eigenvalue weighted by Gasteiger charge is -2.09. The fraction of sp³-hybridized carbons (Fsp3) is 0.136. The first-order valence-electron chi connectivity index (χ1n) is 9.09. The van der Waals surface area contributed by atoms with E-state index in [1.165, 1.54) is 0 Å². The van der Waals surface area contributed by atoms with Gasteiger partial charge in [-0.05, 0) is 30.7 Å². The van der Waals surface area contributed by atoms with E-state index in [9.17, 15) is 4.79 Å². The zero-order chi connectivity index (χ0) is 19.2. The van der Waals surface area contributed by atoms with Crippen LogP contribution in [0.4, 0.5) is 0 Å². The van der Waals surface area contributed by atoms with Crippen molar-refractivity contribution in [3.05, 3.63) is 84.6 Å². The van der Waals surface area contributed by atoms with E-state index in [1.54, 1.807) is 18.0 Å². The van der Waals surface area contributed by atoms with Gasteiger partial charge in [-0.15, -0.1) is 10.2 Å². The SMILES string of the molecule is O=C(CCCSc1nnc(-c2ccco2)n1-c1ccccc1)c1ccccc1. The van der Waals surface area contributed by atoms with Gasteiger partial charge in [-0.1, -0.05) is 60.3 Å². The number of benzene rings is 2. The minimum absolute atomic E-state index is 0.169. The molecule has 0 radical (unpaired) electrons. The summed E-state index contributed by atoms with van der Waals surface area (Å²) in [4.78, 5) is 12.2. The molecule has 0 atom stereocenters. The number of Topliss-reactive ketones (excluding diaryl/α,β-unsaturated/α-hetero) is 1. The van der Waals surface area contributed by atoms with E-state index < -0.39 is 0 Å². The molecule has 0 fully saturated rings. The van der Waals surface area contributed by atoms with Crippen LogP contribution in [0.15, 0.2) is 88.6 Å². The van der Waals surface area contributed by atoms with Gasteiger partial charge in [-0.2, -0.15) is 0 Å². The topological polar surface area (TPSA) is 60.9 Å². The van der Waals surface area contributed by atoms with Gasteiger partial charge in [-0.25, -0.2) is 0 Å². The number of hydrogen-bond donors (Lipinski definition) is 0. The number of thioether (sulfide) groups is 1. The number of para-hydroxylation sites is 1. The summed E-state index contributed by atoms with van der Waals surface area (Å²) >= 11 is 1.59. The summed E-state index contributed by atoms with van der Waals surface area (Å²) in [5.41, 5.74) is 1.74. The molecule has 6 heteroatoms. The summed E-state index contributed by atoms with van der Waals surface area (Å²) in [5.74, 6) is 2.28. The Hall–Kier alpha value is -3.12. The maximum absolute atomic E-state index is 12.2. The molecule has 0 N–H and O–H groups in total. The van der Waals surface area contributed by atoms with Gasteiger partial charge in [0.05, 0.1) is 6.26 Å². The second-order valence-electron chi connectivity index (χ2n) is 6.20. The largest absolute Gasteiger partial charge is 0.461 e. The van der Waals surface area contributed by atoms with Crippen molar-refractivity contribution >= 4 is 17.5 Å². The highest BCUT2D eigenvalue weighted by atomic mass is 32.2. The van der Waals surface area contributed by atoms with E-state index in [2.05, 4.69) is 10.2 Å². The maximum Gasteiger partial charge on any atom is 0.205 e. The van der Waals surface area contributed by atoms with Gasteiger partial charge in [-0.3, -0.25) is 9.36 Å². The van der Waals surface area contributed by atoms with Gasteiger partial charge < -0.3 is 4.42 Å². The lowest BCUT2D eigenvalue weighted by molar-refractivity contribution is 0.0982. The quantitative estimate of drug-likeness (QED) is 0.233. The highest BCUT2D eigenvalue weighted by molar-refractivity contribution is 7.99. The Morgan fingerprint density at radius 3 is 2.39 bits per heavy atom. The Morgan fingerprint density at radius 2 is 1.68 bits per heavy atom. The lowest BCUT2D eigenvalue weighted by Crippen LogP contribution is -2.01. The molecule has 140 valence electrons. The van der Waals surface area contributed by atoms with Crippen LogP contribution in [-0.4, -0.2) is 26.3 Å². The molecular weight excluding hydrogens is 370 g/mol. The first-order valence-corrected chi connectivity index (χ1v) is 10.1. The molecule has 0 aliphatic carbocycles. The molecule has 2 aromatic heterocycles. The first kappa shape index (κ1) is 18.3. The third-order valence-electron chi connectivity index (χ3n) is 4.26. The van der Waals surface area contributed by atoms with Gasteiger partial charge in [0.2, 0.25) is 5.82 Å². The number of nitrogens with zero attached hydrogens (tertiary/aromatic N) is 3. The van der Waals surface area contributed by atoms with Crippen LogP contribution in [0.2, 0.25) is 0 Å². The fourth-order valence-corrected chi connectivity index (χ4v) is 3.79. The minimum atomic E-state index is 0.169. The van der Waals surface area contributed by atoms with Crippen molar-refractivity contribution in [2.45, 2.75) is 18.0 Å². The van der Waals surface area contributed by atoms with Gasteiger partial charge >= 0.3 is 0 Å². The summed E-state index contributed by atoms with van der Waals surface area (Å²) in [7, 11) is 0. The van der Waals surface area contributed by atoms with Crippen molar-refractivity contribution in [3.63, 3.8) is 0 Å². The van der Waals surface area contributed by atoms with Gasteiger partial charge in [0.25, 0.3) is 0 Å². The van der Waals surface area contributed by atoms with Crippen molar-refractivity contribution in [1.82, 2.24) is 14.8 Å². The Kier molecular flexibility index (Phi) is 5.68. The van der Waals surface area contributed by atoms with Gasteiger partial charge in [0, 0.05) is 23.4 Å². The van der Waals surface area contributed by atoms with Crippen molar-refractivity contribution in [2.75, 3.05) is 5.75 Å². The summed E-state index contributed by atoms with van der Waals surface area (Å²) in [5, 5.41) is 9.46. The van der Waals surface area contributed by atoms with E-state index in [1.807, 2.05) is 77.4 Å². The average Bonchev–Trinajstić information content (AvgIpc) is 3.42. The Bertz CT molecular complexity index is 1030. The second-order valence-corrected chi connectivity index (χ2v) is 7.26. The Morgan fingerprint density at radius 1 is 0.929 bits per heavy atom. The molecule has 5 nitrogen and oxygen atoms in total. The molecule has 2 aromatic carbocycles. The molecule has 0 unspecified atom stereocenters. The van der Waals surface area contributed by atoms with Crippen LogP contribution >= 0.6 is 11.8 Å². The Labute approximate surface area is 167 Å². The molecule has 0 saturated carbocycles. The molecule has 4 aromatic rings. The van der Waals surface area contributed by atoms with Crippen molar-refractivity contribution in [3.8, 4) is 17.3 Å². The molecule has 2 heterocycles. The smallest absolute Gasteiger partial charge is 0.205 e. The summed E-state index contributed by atoms with van der Waals surface area (Å²) in [6, 6.07) is 23.1. The van der Waals surface area contributed by atoms with Crippen LogP contribution < -0.4 is 0 Å². The van der Waals surface area contributed by atoms with Crippen molar-refractivity contribution in [1.29, 1.82) is 0 Å². The second kappa shape index (κ2) is 8.71. The summed E-state index contributed by atoms with van der Waals surface area (Å²) < 4.78 is 7.51. The van der Waals surface area contributed by atoms with Crippen LogP contribution in [-0.2, 0) is 0 Å². The lowest BCUT2D eigenvalue weighted by atomic mass is 10.1. The Balaban J connectivity index is 1.47. The molecule has 0 aliphatic heterocycles. The third kappa shape index (κ3) is 4.07. The van der Waals surface area contributed by atoms with E-state index in [0.29, 0.717) is 18.0 Å². The van der Waals surface area contributed by atoms with Crippen LogP contribution in [0.3, 0.4) is 0 Å². The van der Waals surface area contributed by atoms with Crippen molar-refractivity contribution < 1.29 is 9.21 Å². The van der Waals surface area contributed by atoms with Crippen LogP contribution in [0, 0.1) is 0 Å². The highest BCUT2D eigenvalue weighted by Gasteiger charge is 2.17. The molecule has 0 spiro atoms. The van der Waals surface area contributed by atoms with Crippen LogP contribution in [0.1, 0.15) is 23.2 Å². The van der Waals surface area contributed by atoms with Gasteiger partial charge in [0.15, 0.2) is 16.7 Å². The number of rotatable bonds is 8. The van der Waals surface area contributed by atoms with Gasteiger partial charge in [0.1, 0.15) is 0 Å². The zero-order valence-electron chi connectivity index (χ0n) is 15.2. The molecular formula is C22H19N3O2S. The number of carbonyl (C=O) groups excluding carboxylic acids is 1. The highest BCUT2D eigenvalue weighted by Crippen LogP contribution is 2.28. The van der Waals surface area contributed by atoms with E-state index >= 15 is 0 Å². The van der Waals surface area contributed by atoms with E-state index in [0.717, 1.165) is 28.6 Å². The molecule has 0 saturated heterocycles. The molecule has 0 bridgehead atoms. The number of hydrogen-bond acceptors (Lipinski definition) is 5. The van der Waals surface area contributed by atoms with E-state index in [4.69, 9.17) is 4.42 Å². The van der Waals surface area contributed by atoms with E-state index in [-0.39, 0.29) is 5.78 Å². The minimum Gasteiger partial charge on any atom is -0.461 e. The monoisotopic (exact) mass is 389 g/mol. The number of ketones is 1. The predicted octanol–water partition coefficient (Wildman–Crippen LogP) is 5.28. The molecule has 28 heavy (non-hydrogen) atoms. The predicted molar refractivity (Wildman–Crippen MR) is 110 cm³/mol. The van der Waals surface area contributed by atoms with Crippen molar-refractivity contribution in [2.24, 2.45) is 0 Å². The standard InChI is InChI=1S/C22H19N3O2S/c26-19(17-9-3-1-4-10-17)13-8-16-28-22-24-23-21(20-14-7-15-27-20)25(22)18-11-5-2-6-12-18/h1-7,9-12,14-15H,8,13,16H2. The first-order chi connectivity index (χ1) is 13.8. The average molecular weight is 389 g/mol. The number of furan rings is 1. The number of aromatic nitrogens is 3. The maximum atomic E-state index is 12.2. The van der Waals surface area contributed by atoms with Crippen LogP contribution in [0.25, 0.3) is 17.3 Å². The zero-order valence-corrected chi connectivity index (χ0v) is 16.0. The van der Waals surface area contributed by atoms with Crippen LogP contribution in [0.5, 0.6) is 0 Å². The molecule has 4 rings (SSSR count). The molecule has 0 amide bonds. The molecule has 0 aliphatic rings. The summed E-state index contributed by atoms with van der Waals surface area (Å²) in [6.07, 6.45) is 2.92. The summed E-state index contributed by atoms with van der Waals surface area (Å²) in [6.45, 7) is 0. The fourth-order valence-electron chi connectivity index (χ4n) is 2.90. The number of carbonyl (C=O) groups is 1. The normalized spacial score (nSPS) is 10.9. The third-order valence-corrected chi connectivity index (χ3v) is 5.28.